The van der Waals surface area contributed by atoms with Gasteiger partial charge in [-0.2, -0.15) is 0 Å². The number of halogens is 1. The van der Waals surface area contributed by atoms with Crippen LogP contribution < -0.4 is 5.32 Å². The van der Waals surface area contributed by atoms with Crippen molar-refractivity contribution in [1.29, 1.82) is 0 Å². The van der Waals surface area contributed by atoms with Crippen LogP contribution in [0.1, 0.15) is 38.4 Å². The van der Waals surface area contributed by atoms with Gasteiger partial charge in [0.2, 0.25) is 5.91 Å². The molecule has 0 aliphatic heterocycles. The summed E-state index contributed by atoms with van der Waals surface area (Å²) in [6.07, 6.45) is 0.147. The summed E-state index contributed by atoms with van der Waals surface area (Å²) < 4.78 is 5.20. The molecule has 1 N–H and O–H groups in total. The number of esters is 1. The molecule has 0 saturated heterocycles. The Balaban J connectivity index is 1.97. The first-order valence-corrected chi connectivity index (χ1v) is 8.37. The molecule has 7 heteroatoms. The number of carbonyl (C=O) groups is 3. The van der Waals surface area contributed by atoms with Crippen molar-refractivity contribution in [2.45, 2.75) is 19.8 Å². The molecule has 0 fully saturated rings. The number of amides is 1. The van der Waals surface area contributed by atoms with Crippen molar-refractivity contribution in [3.8, 4) is 0 Å². The van der Waals surface area contributed by atoms with Gasteiger partial charge in [-0.05, 0) is 36.8 Å². The Hall–Kier alpha value is -2.18. The van der Waals surface area contributed by atoms with E-state index in [2.05, 4.69) is 10.1 Å². The Labute approximate surface area is 148 Å². The van der Waals surface area contributed by atoms with Gasteiger partial charge in [-0.25, -0.2) is 4.79 Å². The summed E-state index contributed by atoms with van der Waals surface area (Å²) in [5, 5.41) is 2.72. The van der Waals surface area contributed by atoms with Gasteiger partial charge >= 0.3 is 5.97 Å². The topological polar surface area (TPSA) is 72.5 Å². The zero-order valence-corrected chi connectivity index (χ0v) is 14.8. The van der Waals surface area contributed by atoms with Crippen LogP contribution in [-0.2, 0) is 9.53 Å². The molecule has 5 nitrogen and oxygen atoms in total. The average molecular weight is 366 g/mol. The molecule has 0 bridgehead atoms. The lowest BCUT2D eigenvalue weighted by molar-refractivity contribution is -0.116. The van der Waals surface area contributed by atoms with Gasteiger partial charge in [0.1, 0.15) is 0 Å². The molecule has 0 atom stereocenters. The number of Topliss-reactive ketones (excluding diaryl/α,β-unsaturated/α-hetero) is 1. The van der Waals surface area contributed by atoms with Gasteiger partial charge < -0.3 is 10.1 Å². The minimum absolute atomic E-state index is 0.0518. The van der Waals surface area contributed by atoms with Crippen LogP contribution in [-0.4, -0.2) is 24.8 Å². The van der Waals surface area contributed by atoms with Gasteiger partial charge in [-0.3, -0.25) is 9.59 Å². The van der Waals surface area contributed by atoms with E-state index >= 15 is 0 Å². The van der Waals surface area contributed by atoms with Crippen molar-refractivity contribution in [2.75, 3.05) is 12.4 Å². The second-order valence-corrected chi connectivity index (χ2v) is 6.81. The van der Waals surface area contributed by atoms with Gasteiger partial charge in [0.15, 0.2) is 5.78 Å². The summed E-state index contributed by atoms with van der Waals surface area (Å²) in [6, 6.07) is 8.21. The molecule has 2 aromatic rings. The number of rotatable bonds is 6. The fourth-order valence-electron chi connectivity index (χ4n) is 2.03. The third-order valence-electron chi connectivity index (χ3n) is 3.36. The maximum atomic E-state index is 12.1. The van der Waals surface area contributed by atoms with Crippen LogP contribution in [0.4, 0.5) is 5.69 Å². The highest BCUT2D eigenvalue weighted by molar-refractivity contribution is 7.18. The summed E-state index contributed by atoms with van der Waals surface area (Å²) in [6.45, 7) is 1.81. The number of benzene rings is 1. The summed E-state index contributed by atoms with van der Waals surface area (Å²) in [5.74, 6) is -0.895. The molecule has 0 saturated carbocycles. The van der Waals surface area contributed by atoms with Gasteiger partial charge in [0, 0.05) is 18.5 Å². The lowest BCUT2D eigenvalue weighted by atomic mass is 10.1. The zero-order chi connectivity index (χ0) is 17.7. The number of ether oxygens (including phenoxy) is 1. The average Bonchev–Trinajstić information content (AvgIpc) is 3.00. The molecule has 1 amide bonds. The predicted molar refractivity (Wildman–Crippen MR) is 94.0 cm³/mol. The van der Waals surface area contributed by atoms with Crippen molar-refractivity contribution >= 4 is 46.3 Å². The summed E-state index contributed by atoms with van der Waals surface area (Å²) in [4.78, 5) is 36.1. The monoisotopic (exact) mass is 365 g/mol. The number of ketones is 1. The second-order valence-electron chi connectivity index (χ2n) is 5.10. The number of hydrogen-bond acceptors (Lipinski definition) is 5. The number of anilines is 1. The van der Waals surface area contributed by atoms with E-state index in [1.54, 1.807) is 30.3 Å². The van der Waals surface area contributed by atoms with Crippen LogP contribution in [0.3, 0.4) is 0 Å². The first-order valence-electron chi connectivity index (χ1n) is 7.18. The van der Waals surface area contributed by atoms with Crippen molar-refractivity contribution < 1.29 is 19.1 Å². The van der Waals surface area contributed by atoms with Gasteiger partial charge in [-0.15, -0.1) is 11.3 Å². The number of aryl methyl sites for hydroxylation is 1. The Morgan fingerprint density at radius 3 is 2.54 bits per heavy atom. The van der Waals surface area contributed by atoms with E-state index in [-0.39, 0.29) is 24.5 Å². The molecular weight excluding hydrogens is 350 g/mol. The SMILES string of the molecule is COC(=O)c1ccc(C)c(NC(=O)CCC(=O)c2ccc(Cl)s2)c1. The number of methoxy groups -OCH3 is 1. The molecule has 1 heterocycles. The Bertz CT molecular complexity index is 785. The molecule has 1 aromatic carbocycles. The van der Waals surface area contributed by atoms with Crippen LogP contribution in [0.5, 0.6) is 0 Å². The van der Waals surface area contributed by atoms with E-state index in [1.807, 2.05) is 6.92 Å². The third-order valence-corrected chi connectivity index (χ3v) is 4.63. The zero-order valence-electron chi connectivity index (χ0n) is 13.2. The van der Waals surface area contributed by atoms with E-state index < -0.39 is 5.97 Å². The smallest absolute Gasteiger partial charge is 0.337 e. The first kappa shape index (κ1) is 18.2. The summed E-state index contributed by atoms with van der Waals surface area (Å²) in [5.41, 5.74) is 1.68. The number of hydrogen-bond donors (Lipinski definition) is 1. The number of nitrogens with one attached hydrogen (secondary N) is 1. The van der Waals surface area contributed by atoms with Crippen molar-refractivity contribution in [1.82, 2.24) is 0 Å². The standard InChI is InChI=1S/C17H16ClNO4S/c1-10-3-4-11(17(22)23-2)9-12(10)19-16(21)8-5-13(20)14-6-7-15(18)24-14/h3-4,6-7,9H,5,8H2,1-2H3,(H,19,21). The molecule has 24 heavy (non-hydrogen) atoms. The molecular formula is C17H16ClNO4S. The minimum Gasteiger partial charge on any atom is -0.465 e. The van der Waals surface area contributed by atoms with E-state index in [4.69, 9.17) is 11.6 Å². The van der Waals surface area contributed by atoms with Gasteiger partial charge in [0.25, 0.3) is 0 Å². The number of thiophene rings is 1. The van der Waals surface area contributed by atoms with Crippen LogP contribution in [0.15, 0.2) is 30.3 Å². The van der Waals surface area contributed by atoms with Crippen LogP contribution in [0.25, 0.3) is 0 Å². The fraction of sp³-hybridized carbons (Fsp3) is 0.235. The van der Waals surface area contributed by atoms with Crippen LogP contribution in [0.2, 0.25) is 4.34 Å². The van der Waals surface area contributed by atoms with E-state index in [0.29, 0.717) is 20.5 Å². The Kier molecular flexibility index (Phi) is 6.11. The van der Waals surface area contributed by atoms with Crippen molar-refractivity contribution in [2.24, 2.45) is 0 Å². The fourth-order valence-corrected chi connectivity index (χ4v) is 3.04. The van der Waals surface area contributed by atoms with E-state index in [1.165, 1.54) is 18.4 Å². The summed E-state index contributed by atoms with van der Waals surface area (Å²) in [7, 11) is 1.29. The molecule has 0 radical (unpaired) electrons. The second kappa shape index (κ2) is 8.08. The van der Waals surface area contributed by atoms with Gasteiger partial charge in [-0.1, -0.05) is 17.7 Å². The largest absolute Gasteiger partial charge is 0.465 e. The van der Waals surface area contributed by atoms with Crippen LogP contribution in [0, 0.1) is 6.92 Å². The van der Waals surface area contributed by atoms with E-state index in [0.717, 1.165) is 5.56 Å². The Morgan fingerprint density at radius 2 is 1.92 bits per heavy atom. The van der Waals surface area contributed by atoms with Crippen molar-refractivity contribution in [3.63, 3.8) is 0 Å². The highest BCUT2D eigenvalue weighted by Crippen LogP contribution is 2.23. The molecule has 1 aromatic heterocycles. The highest BCUT2D eigenvalue weighted by atomic mass is 35.5. The molecule has 126 valence electrons. The summed E-state index contributed by atoms with van der Waals surface area (Å²) >= 11 is 6.99. The first-order chi connectivity index (χ1) is 11.4. The predicted octanol–water partition coefficient (Wildman–Crippen LogP) is 4.10. The lowest BCUT2D eigenvalue weighted by Gasteiger charge is -2.09. The quantitative estimate of drug-likeness (QED) is 0.618. The molecule has 2 rings (SSSR count). The van der Waals surface area contributed by atoms with Gasteiger partial charge in [0.05, 0.1) is 21.9 Å². The highest BCUT2D eigenvalue weighted by Gasteiger charge is 2.13. The maximum absolute atomic E-state index is 12.1. The number of carbonyl (C=O) groups excluding carboxylic acids is 3. The maximum Gasteiger partial charge on any atom is 0.337 e. The third kappa shape index (κ3) is 4.66. The van der Waals surface area contributed by atoms with E-state index in [9.17, 15) is 14.4 Å². The minimum atomic E-state index is -0.477. The lowest BCUT2D eigenvalue weighted by Crippen LogP contribution is -2.14. The van der Waals surface area contributed by atoms with Crippen molar-refractivity contribution in [3.05, 3.63) is 50.7 Å². The van der Waals surface area contributed by atoms with Crippen LogP contribution >= 0.6 is 22.9 Å². The molecule has 0 unspecified atom stereocenters. The molecule has 0 spiro atoms. The Morgan fingerprint density at radius 1 is 1.17 bits per heavy atom. The normalized spacial score (nSPS) is 10.3. The molecule has 0 aliphatic carbocycles. The molecule has 0 aliphatic rings.